The molecule has 1 aromatic carbocycles. The number of anilines is 1. The molecule has 0 bridgehead atoms. The van der Waals surface area contributed by atoms with Crippen LogP contribution in [0.5, 0.6) is 0 Å². The number of benzene rings is 1. The molecule has 0 saturated heterocycles. The van der Waals surface area contributed by atoms with Crippen LogP contribution in [0.1, 0.15) is 50.4 Å². The van der Waals surface area contributed by atoms with E-state index in [1.807, 2.05) is 15.2 Å². The van der Waals surface area contributed by atoms with E-state index in [0.717, 1.165) is 42.4 Å². The van der Waals surface area contributed by atoms with E-state index in [9.17, 15) is 4.79 Å². The summed E-state index contributed by atoms with van der Waals surface area (Å²) in [5, 5.41) is 3.59. The minimum Gasteiger partial charge on any atom is -0.365 e. The smallest absolute Gasteiger partial charge is 0.331 e. The summed E-state index contributed by atoms with van der Waals surface area (Å²) in [4.78, 5) is 23.0. The second kappa shape index (κ2) is 8.80. The number of imidazole rings is 1. The Bertz CT molecular complexity index is 1020. The Labute approximate surface area is 183 Å². The van der Waals surface area contributed by atoms with Crippen molar-refractivity contribution in [2.24, 2.45) is 5.92 Å². The molecule has 7 heteroatoms. The molecule has 1 saturated carbocycles. The van der Waals surface area contributed by atoms with E-state index in [4.69, 9.17) is 9.97 Å². The summed E-state index contributed by atoms with van der Waals surface area (Å²) in [6, 6.07) is 10.6. The quantitative estimate of drug-likeness (QED) is 0.641. The van der Waals surface area contributed by atoms with Crippen LogP contribution in [-0.4, -0.2) is 25.1 Å². The predicted molar refractivity (Wildman–Crippen MR) is 122 cm³/mol. The molecule has 1 aliphatic carbocycles. The predicted octanol–water partition coefficient (Wildman–Crippen LogP) is 4.15. The molecule has 160 valence electrons. The third-order valence-corrected chi connectivity index (χ3v) is 6.36. The third-order valence-electron chi connectivity index (χ3n) is 6.36. The number of nitrogens with zero attached hydrogens (tertiary/aromatic N) is 4. The molecule has 1 fully saturated rings. The monoisotopic (exact) mass is 427 g/mol. The molecule has 1 atom stereocenters. The molecule has 0 amide bonds. The lowest BCUT2D eigenvalue weighted by Gasteiger charge is -2.13. The van der Waals surface area contributed by atoms with E-state index >= 15 is 0 Å². The normalized spacial score (nSPS) is 18.4. The molecule has 4 aliphatic rings. The van der Waals surface area contributed by atoms with Crippen molar-refractivity contribution < 1.29 is 0 Å². The van der Waals surface area contributed by atoms with Crippen molar-refractivity contribution in [2.45, 2.75) is 71.0 Å². The first-order valence-electron chi connectivity index (χ1n) is 11.0. The van der Waals surface area contributed by atoms with Gasteiger partial charge in [-0.2, -0.15) is 0 Å². The van der Waals surface area contributed by atoms with Gasteiger partial charge in [0.25, 0.3) is 0 Å². The van der Waals surface area contributed by atoms with Crippen LogP contribution in [0.3, 0.4) is 0 Å². The van der Waals surface area contributed by atoms with Gasteiger partial charge in [0, 0.05) is 25.6 Å². The van der Waals surface area contributed by atoms with Gasteiger partial charge < -0.3 is 5.32 Å². The fourth-order valence-corrected chi connectivity index (χ4v) is 4.96. The number of rotatable bonds is 6. The van der Waals surface area contributed by atoms with Crippen molar-refractivity contribution in [3.63, 3.8) is 0 Å². The topological polar surface area (TPSA) is 64.7 Å². The lowest BCUT2D eigenvalue weighted by Crippen LogP contribution is -2.32. The van der Waals surface area contributed by atoms with Crippen molar-refractivity contribution in [3.05, 3.63) is 52.2 Å². The average molecular weight is 428 g/mol. The highest BCUT2D eigenvalue weighted by Gasteiger charge is 2.32. The maximum absolute atomic E-state index is 13.2. The maximum Gasteiger partial charge on any atom is 0.331 e. The van der Waals surface area contributed by atoms with Gasteiger partial charge in [-0.25, -0.2) is 14.8 Å². The number of nitrogens with one attached hydrogen (secondary N) is 1. The van der Waals surface area contributed by atoms with Gasteiger partial charge >= 0.3 is 5.69 Å². The zero-order valence-corrected chi connectivity index (χ0v) is 18.3. The molecule has 6 nitrogen and oxygen atoms in total. The lowest BCUT2D eigenvalue weighted by atomic mass is 10.0. The second-order valence-corrected chi connectivity index (χ2v) is 8.59. The van der Waals surface area contributed by atoms with Crippen LogP contribution >= 0.6 is 12.4 Å². The molecule has 0 aromatic heterocycles. The standard InChI is InChI=1S/C23H29N5O.ClH/c1-2-12-27-22-20(25-19(26-22)14-17-10-6-7-11-17)21-24-18(15-28(21)23(27)29)13-16-8-4-3-5-9-16;/h3-5,8-9,17-18,24H,2,6-7,10-15H2,1H3;1H/t18-;/m1./s1. The first-order valence-corrected chi connectivity index (χ1v) is 11.0. The molecule has 3 heterocycles. The number of aromatic nitrogens is 4. The molecule has 0 spiro atoms. The Hall–Kier alpha value is -2.34. The van der Waals surface area contributed by atoms with Gasteiger partial charge in [0.2, 0.25) is 0 Å². The van der Waals surface area contributed by atoms with Crippen LogP contribution < -0.4 is 11.0 Å². The highest BCUT2D eigenvalue weighted by Crippen LogP contribution is 2.33. The molecule has 3 aliphatic heterocycles. The van der Waals surface area contributed by atoms with Crippen LogP contribution in [0.15, 0.2) is 35.1 Å². The number of halogens is 1. The fraction of sp³-hybridized carbons (Fsp3) is 0.522. The van der Waals surface area contributed by atoms with Crippen molar-refractivity contribution >= 4 is 18.2 Å². The average Bonchev–Trinajstić information content (AvgIpc) is 3.46. The summed E-state index contributed by atoms with van der Waals surface area (Å²) >= 11 is 0. The molecule has 0 radical (unpaired) electrons. The van der Waals surface area contributed by atoms with Crippen molar-refractivity contribution in [1.29, 1.82) is 0 Å². The summed E-state index contributed by atoms with van der Waals surface area (Å²) in [6.07, 6.45) is 7.91. The van der Waals surface area contributed by atoms with Crippen molar-refractivity contribution in [3.8, 4) is 11.5 Å². The van der Waals surface area contributed by atoms with Gasteiger partial charge in [0.1, 0.15) is 17.3 Å². The second-order valence-electron chi connectivity index (χ2n) is 8.59. The van der Waals surface area contributed by atoms with Crippen LogP contribution in [0, 0.1) is 5.92 Å². The molecule has 1 aromatic rings. The lowest BCUT2D eigenvalue weighted by molar-refractivity contribution is 0.532. The highest BCUT2D eigenvalue weighted by molar-refractivity contribution is 5.85. The van der Waals surface area contributed by atoms with E-state index in [1.165, 1.54) is 31.2 Å². The third kappa shape index (κ3) is 3.85. The maximum atomic E-state index is 13.2. The van der Waals surface area contributed by atoms with E-state index in [-0.39, 0.29) is 24.1 Å². The summed E-state index contributed by atoms with van der Waals surface area (Å²) in [5.41, 5.74) is 2.17. The molecule has 1 N–H and O–H groups in total. The zero-order valence-electron chi connectivity index (χ0n) is 17.5. The first kappa shape index (κ1) is 20.9. The van der Waals surface area contributed by atoms with E-state index < -0.39 is 0 Å². The summed E-state index contributed by atoms with van der Waals surface area (Å²) < 4.78 is 3.70. The summed E-state index contributed by atoms with van der Waals surface area (Å²) in [7, 11) is 0. The van der Waals surface area contributed by atoms with Crippen LogP contribution in [0.4, 0.5) is 5.82 Å². The molecule has 0 unspecified atom stereocenters. The molecule has 5 rings (SSSR count). The van der Waals surface area contributed by atoms with Gasteiger partial charge in [-0.1, -0.05) is 62.9 Å². The van der Waals surface area contributed by atoms with Gasteiger partial charge in [-0.05, 0) is 24.3 Å². The number of fused-ring (bicyclic) bond motifs is 3. The van der Waals surface area contributed by atoms with Crippen LogP contribution in [0.25, 0.3) is 11.5 Å². The number of hydrogen-bond donors (Lipinski definition) is 1. The Balaban J connectivity index is 0.00000218. The van der Waals surface area contributed by atoms with Gasteiger partial charge in [0.05, 0.1) is 0 Å². The Kier molecular flexibility index (Phi) is 6.14. The Morgan fingerprint density at radius 3 is 2.60 bits per heavy atom. The summed E-state index contributed by atoms with van der Waals surface area (Å²) in [5.74, 6) is 3.20. The fourth-order valence-electron chi connectivity index (χ4n) is 4.96. The SMILES string of the molecule is CCCn1c2nc(CC3CCCC3)nc-2c2n(c1=O)C[C@@H](Cc1ccccc1)N2.Cl. The molecular formula is C23H30ClN5O. The van der Waals surface area contributed by atoms with Crippen LogP contribution in [0.2, 0.25) is 0 Å². The number of hydrogen-bond acceptors (Lipinski definition) is 4. The summed E-state index contributed by atoms with van der Waals surface area (Å²) in [6.45, 7) is 3.45. The van der Waals surface area contributed by atoms with Gasteiger partial charge in [-0.3, -0.25) is 9.13 Å². The largest absolute Gasteiger partial charge is 0.365 e. The van der Waals surface area contributed by atoms with Gasteiger partial charge in [0.15, 0.2) is 5.82 Å². The minimum atomic E-state index is 0. The van der Waals surface area contributed by atoms with E-state index in [2.05, 4.69) is 36.5 Å². The van der Waals surface area contributed by atoms with Crippen LogP contribution in [-0.2, 0) is 25.9 Å². The first-order chi connectivity index (χ1) is 14.2. The minimum absolute atomic E-state index is 0. The Morgan fingerprint density at radius 2 is 1.87 bits per heavy atom. The van der Waals surface area contributed by atoms with E-state index in [1.54, 1.807) is 0 Å². The molecular weight excluding hydrogens is 398 g/mol. The van der Waals surface area contributed by atoms with E-state index in [0.29, 0.717) is 19.0 Å². The zero-order chi connectivity index (χ0) is 19.8. The highest BCUT2D eigenvalue weighted by atomic mass is 35.5. The van der Waals surface area contributed by atoms with Crippen molar-refractivity contribution in [2.75, 3.05) is 5.32 Å². The van der Waals surface area contributed by atoms with Gasteiger partial charge in [-0.15, -0.1) is 12.4 Å². The van der Waals surface area contributed by atoms with Crippen molar-refractivity contribution in [1.82, 2.24) is 19.1 Å². The Morgan fingerprint density at radius 1 is 1.10 bits per heavy atom. The molecule has 30 heavy (non-hydrogen) atoms.